The van der Waals surface area contributed by atoms with Crippen LogP contribution in [-0.2, 0) is 0 Å². The fourth-order valence-electron chi connectivity index (χ4n) is 1.01. The van der Waals surface area contributed by atoms with E-state index in [1.165, 1.54) is 24.3 Å². The van der Waals surface area contributed by atoms with Crippen LogP contribution in [0.2, 0.25) is 0 Å². The fourth-order valence-corrected chi connectivity index (χ4v) is 1.01. The Morgan fingerprint density at radius 3 is 2.20 bits per heavy atom. The molecule has 15 heavy (non-hydrogen) atoms. The van der Waals surface area contributed by atoms with Gasteiger partial charge < -0.3 is 0 Å². The minimum atomic E-state index is -4.50. The Balaban J connectivity index is 2.80. The van der Waals surface area contributed by atoms with E-state index in [0.717, 1.165) is 0 Å². The molecule has 5 heteroatoms. The van der Waals surface area contributed by atoms with E-state index in [-0.39, 0.29) is 5.56 Å². The second kappa shape index (κ2) is 4.13. The lowest BCUT2D eigenvalue weighted by Crippen LogP contribution is -2.14. The number of rotatable bonds is 2. The highest BCUT2D eigenvalue weighted by atomic mass is 19.4. The number of nitriles is 1. The van der Waals surface area contributed by atoms with Gasteiger partial charge in [-0.1, -0.05) is 12.1 Å². The van der Waals surface area contributed by atoms with Gasteiger partial charge >= 0.3 is 6.18 Å². The molecule has 0 fully saturated rings. The molecule has 2 nitrogen and oxygen atoms in total. The van der Waals surface area contributed by atoms with Gasteiger partial charge in [-0.2, -0.15) is 18.4 Å². The minimum absolute atomic E-state index is 0.0358. The van der Waals surface area contributed by atoms with Gasteiger partial charge in [-0.15, -0.1) is 0 Å². The van der Waals surface area contributed by atoms with Crippen LogP contribution in [0.5, 0.6) is 0 Å². The molecule has 0 amide bonds. The van der Waals surface area contributed by atoms with Crippen LogP contribution in [0, 0.1) is 11.3 Å². The first-order valence-electron chi connectivity index (χ1n) is 4.02. The second-order valence-corrected chi connectivity index (χ2v) is 2.90. The maximum Gasteiger partial charge on any atom is 0.396 e. The molecule has 1 aromatic carbocycles. The maximum atomic E-state index is 11.9. The third-order valence-electron chi connectivity index (χ3n) is 1.70. The fraction of sp³-hybridized carbons (Fsp3) is 0.200. The van der Waals surface area contributed by atoms with Gasteiger partial charge in [0.2, 0.25) is 0 Å². The summed E-state index contributed by atoms with van der Waals surface area (Å²) >= 11 is 0. The van der Waals surface area contributed by atoms with Crippen molar-refractivity contribution in [2.24, 2.45) is 0 Å². The van der Waals surface area contributed by atoms with Gasteiger partial charge in [0.25, 0.3) is 0 Å². The Morgan fingerprint density at radius 1 is 1.27 bits per heavy atom. The largest absolute Gasteiger partial charge is 0.396 e. The summed E-state index contributed by atoms with van der Waals surface area (Å²) in [6, 6.07) is 6.86. The predicted octanol–water partition coefficient (Wildman–Crippen LogP) is 2.69. The van der Waals surface area contributed by atoms with E-state index in [1.54, 1.807) is 0 Å². The highest BCUT2D eigenvalue weighted by Gasteiger charge is 2.31. The molecular formula is C10H6F3NO. The molecule has 1 aromatic rings. The van der Waals surface area contributed by atoms with Crippen molar-refractivity contribution in [3.63, 3.8) is 0 Å². The number of hydrogen-bond acceptors (Lipinski definition) is 2. The van der Waals surface area contributed by atoms with Crippen molar-refractivity contribution in [2.45, 2.75) is 12.6 Å². The summed E-state index contributed by atoms with van der Waals surface area (Å²) in [5, 5.41) is 8.44. The molecule has 0 aliphatic carbocycles. The molecule has 0 N–H and O–H groups in total. The topological polar surface area (TPSA) is 40.9 Å². The van der Waals surface area contributed by atoms with Crippen molar-refractivity contribution < 1.29 is 18.0 Å². The van der Waals surface area contributed by atoms with E-state index >= 15 is 0 Å². The number of alkyl halides is 3. The van der Waals surface area contributed by atoms with Crippen LogP contribution in [0.1, 0.15) is 22.3 Å². The van der Waals surface area contributed by atoms with E-state index in [2.05, 4.69) is 0 Å². The van der Waals surface area contributed by atoms with Gasteiger partial charge in [0.1, 0.15) is 6.42 Å². The van der Waals surface area contributed by atoms with E-state index in [0.29, 0.717) is 5.56 Å². The SMILES string of the molecule is N#Cc1ccc(C(=O)CC(F)(F)F)cc1. The highest BCUT2D eigenvalue weighted by Crippen LogP contribution is 2.22. The average Bonchev–Trinajstić information content (AvgIpc) is 2.15. The number of carbonyl (C=O) groups is 1. The Labute approximate surface area is 83.9 Å². The van der Waals surface area contributed by atoms with E-state index in [1.807, 2.05) is 6.07 Å². The first-order valence-corrected chi connectivity index (χ1v) is 4.02. The van der Waals surface area contributed by atoms with Crippen LogP contribution in [0.3, 0.4) is 0 Å². The first-order chi connectivity index (χ1) is 6.92. The zero-order valence-corrected chi connectivity index (χ0v) is 7.51. The molecule has 0 radical (unpaired) electrons. The van der Waals surface area contributed by atoms with E-state index < -0.39 is 18.4 Å². The number of nitrogens with zero attached hydrogens (tertiary/aromatic N) is 1. The molecule has 0 aliphatic rings. The molecule has 0 bridgehead atoms. The standard InChI is InChI=1S/C10H6F3NO/c11-10(12,13)5-9(15)8-3-1-7(6-14)2-4-8/h1-4H,5H2. The van der Waals surface area contributed by atoms with Crippen molar-refractivity contribution >= 4 is 5.78 Å². The molecule has 0 aliphatic heterocycles. The number of halogens is 3. The number of ketones is 1. The van der Waals surface area contributed by atoms with Crippen molar-refractivity contribution in [3.05, 3.63) is 35.4 Å². The summed E-state index contributed by atoms with van der Waals surface area (Å²) in [4.78, 5) is 11.1. The van der Waals surface area contributed by atoms with Gasteiger partial charge in [-0.05, 0) is 12.1 Å². The first kappa shape index (κ1) is 11.2. The average molecular weight is 213 g/mol. The lowest BCUT2D eigenvalue weighted by Gasteiger charge is -2.04. The summed E-state index contributed by atoms with van der Waals surface area (Å²) in [6.45, 7) is 0. The summed E-state index contributed by atoms with van der Waals surface area (Å²) in [5.41, 5.74) is 0.268. The summed E-state index contributed by atoms with van der Waals surface area (Å²) in [7, 11) is 0. The number of benzene rings is 1. The van der Waals surface area contributed by atoms with Gasteiger partial charge in [-0.3, -0.25) is 4.79 Å². The Hall–Kier alpha value is -1.83. The van der Waals surface area contributed by atoms with Crippen LogP contribution in [0.15, 0.2) is 24.3 Å². The number of Topliss-reactive ketones (excluding diaryl/α,β-unsaturated/α-hetero) is 1. The van der Waals surface area contributed by atoms with Gasteiger partial charge in [0.15, 0.2) is 5.78 Å². The number of hydrogen-bond donors (Lipinski definition) is 0. The third kappa shape index (κ3) is 3.43. The highest BCUT2D eigenvalue weighted by molar-refractivity contribution is 5.96. The second-order valence-electron chi connectivity index (χ2n) is 2.90. The molecule has 0 spiro atoms. The lowest BCUT2D eigenvalue weighted by molar-refractivity contribution is -0.125. The van der Waals surface area contributed by atoms with E-state index in [9.17, 15) is 18.0 Å². The van der Waals surface area contributed by atoms with Crippen LogP contribution < -0.4 is 0 Å². The van der Waals surface area contributed by atoms with Crippen LogP contribution in [-0.4, -0.2) is 12.0 Å². The summed E-state index contributed by atoms with van der Waals surface area (Å²) in [6.07, 6.45) is -5.97. The van der Waals surface area contributed by atoms with Crippen molar-refractivity contribution in [1.82, 2.24) is 0 Å². The van der Waals surface area contributed by atoms with Crippen LogP contribution in [0.4, 0.5) is 13.2 Å². The lowest BCUT2D eigenvalue weighted by atomic mass is 10.1. The van der Waals surface area contributed by atoms with Crippen molar-refractivity contribution in [2.75, 3.05) is 0 Å². The molecule has 0 saturated heterocycles. The smallest absolute Gasteiger partial charge is 0.294 e. The van der Waals surface area contributed by atoms with Gasteiger partial charge in [0, 0.05) is 5.56 Å². The molecule has 0 aromatic heterocycles. The summed E-state index contributed by atoms with van der Waals surface area (Å²) in [5.74, 6) is -0.994. The maximum absolute atomic E-state index is 11.9. The normalized spacial score (nSPS) is 10.8. The monoisotopic (exact) mass is 213 g/mol. The molecular weight excluding hydrogens is 207 g/mol. The van der Waals surface area contributed by atoms with Crippen LogP contribution in [0.25, 0.3) is 0 Å². The Bertz CT molecular complexity index is 400. The summed E-state index contributed by atoms with van der Waals surface area (Å²) < 4.78 is 35.6. The zero-order valence-electron chi connectivity index (χ0n) is 7.51. The van der Waals surface area contributed by atoms with Gasteiger partial charge in [-0.25, -0.2) is 0 Å². The van der Waals surface area contributed by atoms with Crippen molar-refractivity contribution in [1.29, 1.82) is 5.26 Å². The molecule has 78 valence electrons. The zero-order chi connectivity index (χ0) is 11.5. The van der Waals surface area contributed by atoms with Gasteiger partial charge in [0.05, 0.1) is 11.6 Å². The van der Waals surface area contributed by atoms with E-state index in [4.69, 9.17) is 5.26 Å². The number of carbonyl (C=O) groups excluding carboxylic acids is 1. The molecule has 0 saturated carbocycles. The third-order valence-corrected chi connectivity index (χ3v) is 1.70. The molecule has 0 heterocycles. The quantitative estimate of drug-likeness (QED) is 0.708. The molecule has 0 unspecified atom stereocenters. The Morgan fingerprint density at radius 2 is 1.80 bits per heavy atom. The van der Waals surface area contributed by atoms with Crippen molar-refractivity contribution in [3.8, 4) is 6.07 Å². The predicted molar refractivity (Wildman–Crippen MR) is 46.2 cm³/mol. The molecule has 1 rings (SSSR count). The van der Waals surface area contributed by atoms with Crippen LogP contribution >= 0.6 is 0 Å². The minimum Gasteiger partial charge on any atom is -0.294 e. The Kier molecular flexibility index (Phi) is 3.10. The molecule has 0 atom stereocenters.